The zero-order valence-electron chi connectivity index (χ0n) is 13.3. The van der Waals surface area contributed by atoms with E-state index in [2.05, 4.69) is 10.6 Å². The summed E-state index contributed by atoms with van der Waals surface area (Å²) >= 11 is 0. The van der Waals surface area contributed by atoms with E-state index in [1.165, 1.54) is 7.05 Å². The molecule has 0 aromatic carbocycles. The maximum atomic E-state index is 12.0. The van der Waals surface area contributed by atoms with E-state index in [-0.39, 0.29) is 30.8 Å². The Morgan fingerprint density at radius 3 is 2.57 bits per heavy atom. The van der Waals surface area contributed by atoms with Gasteiger partial charge in [0.1, 0.15) is 0 Å². The molecular weight excluding hydrogens is 302 g/mol. The van der Waals surface area contributed by atoms with E-state index >= 15 is 0 Å². The molecule has 0 bridgehead atoms. The average molecular weight is 325 g/mol. The quantitative estimate of drug-likeness (QED) is 0.621. The molecule has 1 aliphatic carbocycles. The monoisotopic (exact) mass is 325 g/mol. The highest BCUT2D eigenvalue weighted by molar-refractivity contribution is 5.89. The molecule has 2 fully saturated rings. The lowest BCUT2D eigenvalue weighted by molar-refractivity contribution is -0.152. The molecule has 0 radical (unpaired) electrons. The van der Waals surface area contributed by atoms with Crippen LogP contribution in [0.5, 0.6) is 0 Å². The molecule has 3 amide bonds. The Morgan fingerprint density at radius 2 is 1.91 bits per heavy atom. The molecule has 1 saturated carbocycles. The predicted molar refractivity (Wildman–Crippen MR) is 80.1 cm³/mol. The molecule has 0 aromatic rings. The Kier molecular flexibility index (Phi) is 5.95. The van der Waals surface area contributed by atoms with Crippen molar-refractivity contribution in [2.45, 2.75) is 38.1 Å². The van der Waals surface area contributed by atoms with Gasteiger partial charge in [0.2, 0.25) is 11.8 Å². The van der Waals surface area contributed by atoms with Gasteiger partial charge in [-0.25, -0.2) is 0 Å². The van der Waals surface area contributed by atoms with Crippen LogP contribution in [-0.4, -0.2) is 61.4 Å². The van der Waals surface area contributed by atoms with E-state index in [4.69, 9.17) is 4.74 Å². The summed E-state index contributed by atoms with van der Waals surface area (Å²) in [5.41, 5.74) is 0. The van der Waals surface area contributed by atoms with E-state index in [0.717, 1.165) is 25.7 Å². The van der Waals surface area contributed by atoms with Gasteiger partial charge in [0, 0.05) is 26.1 Å². The third-order valence-corrected chi connectivity index (χ3v) is 4.33. The number of nitrogens with one attached hydrogen (secondary N) is 2. The smallest absolute Gasteiger partial charge is 0.311 e. The fraction of sp³-hybridized carbons (Fsp3) is 0.733. The Hall–Kier alpha value is -2.12. The molecule has 8 nitrogen and oxygen atoms in total. The van der Waals surface area contributed by atoms with Crippen LogP contribution in [-0.2, 0) is 23.9 Å². The van der Waals surface area contributed by atoms with Crippen molar-refractivity contribution in [2.24, 2.45) is 5.92 Å². The molecule has 2 N–H and O–H groups in total. The number of hydrogen-bond acceptors (Lipinski definition) is 5. The first kappa shape index (κ1) is 17.2. The van der Waals surface area contributed by atoms with Crippen molar-refractivity contribution in [3.63, 3.8) is 0 Å². The molecule has 2 aliphatic rings. The van der Waals surface area contributed by atoms with Gasteiger partial charge in [0.25, 0.3) is 5.91 Å². The molecule has 23 heavy (non-hydrogen) atoms. The second-order valence-corrected chi connectivity index (χ2v) is 5.94. The van der Waals surface area contributed by atoms with E-state index in [1.54, 1.807) is 4.90 Å². The highest BCUT2D eigenvalue weighted by Crippen LogP contribution is 2.29. The van der Waals surface area contributed by atoms with E-state index in [1.807, 2.05) is 0 Å². The molecule has 0 spiro atoms. The van der Waals surface area contributed by atoms with Crippen LogP contribution in [0.15, 0.2) is 0 Å². The van der Waals surface area contributed by atoms with E-state index in [0.29, 0.717) is 6.54 Å². The van der Waals surface area contributed by atoms with Crippen LogP contribution >= 0.6 is 0 Å². The van der Waals surface area contributed by atoms with Gasteiger partial charge in [0.15, 0.2) is 6.61 Å². The molecule has 1 saturated heterocycles. The number of carbonyl (C=O) groups excluding carboxylic acids is 4. The standard InChI is InChI=1S/C15H23N3O5/c1-16-12(19)7-17-13(20)9-23-15(22)10-6-14(21)18(8-10)11-4-2-3-5-11/h10-11H,2-9H2,1H3,(H,16,19)(H,17,20)/t10-/m0/s1. The second kappa shape index (κ2) is 7.94. The molecule has 1 atom stereocenters. The van der Waals surface area contributed by atoms with Crippen LogP contribution in [0.4, 0.5) is 0 Å². The molecular formula is C15H23N3O5. The second-order valence-electron chi connectivity index (χ2n) is 5.94. The zero-order chi connectivity index (χ0) is 16.8. The number of likely N-dealkylation sites (N-methyl/N-ethyl adjacent to an activating group) is 1. The minimum atomic E-state index is -0.543. The lowest BCUT2D eigenvalue weighted by Crippen LogP contribution is -2.38. The molecule has 8 heteroatoms. The number of carbonyl (C=O) groups is 4. The number of likely N-dealkylation sites (tertiary alicyclic amines) is 1. The minimum absolute atomic E-state index is 0.0112. The predicted octanol–water partition coefficient (Wildman–Crippen LogP) is -0.817. The summed E-state index contributed by atoms with van der Waals surface area (Å²) in [6.45, 7) is -0.226. The molecule has 2 rings (SSSR count). The van der Waals surface area contributed by atoms with Gasteiger partial charge in [-0.1, -0.05) is 12.8 Å². The molecule has 0 aromatic heterocycles. The first-order chi connectivity index (χ1) is 11.0. The largest absolute Gasteiger partial charge is 0.455 e. The van der Waals surface area contributed by atoms with Gasteiger partial charge < -0.3 is 20.3 Å². The number of rotatable bonds is 6. The van der Waals surface area contributed by atoms with Crippen molar-refractivity contribution in [1.29, 1.82) is 0 Å². The number of hydrogen-bond donors (Lipinski definition) is 2. The van der Waals surface area contributed by atoms with E-state index in [9.17, 15) is 19.2 Å². The van der Waals surface area contributed by atoms with Crippen molar-refractivity contribution >= 4 is 23.7 Å². The number of esters is 1. The highest BCUT2D eigenvalue weighted by Gasteiger charge is 2.39. The summed E-state index contributed by atoms with van der Waals surface area (Å²) in [7, 11) is 1.46. The van der Waals surface area contributed by atoms with Gasteiger partial charge in [-0.15, -0.1) is 0 Å². The van der Waals surface area contributed by atoms with Gasteiger partial charge in [-0.2, -0.15) is 0 Å². The molecule has 128 valence electrons. The normalized spacial score (nSPS) is 21.3. The molecule has 1 aliphatic heterocycles. The Balaban J connectivity index is 1.72. The Morgan fingerprint density at radius 1 is 1.22 bits per heavy atom. The Labute approximate surface area is 134 Å². The average Bonchev–Trinajstić information content (AvgIpc) is 3.19. The van der Waals surface area contributed by atoms with E-state index < -0.39 is 24.4 Å². The third kappa shape index (κ3) is 4.67. The summed E-state index contributed by atoms with van der Waals surface area (Å²) in [6.07, 6.45) is 4.38. The summed E-state index contributed by atoms with van der Waals surface area (Å²) in [5.74, 6) is -1.93. The summed E-state index contributed by atoms with van der Waals surface area (Å²) in [5, 5.41) is 4.70. The Bertz CT molecular complexity index is 488. The highest BCUT2D eigenvalue weighted by atomic mass is 16.5. The van der Waals surface area contributed by atoms with Crippen molar-refractivity contribution in [2.75, 3.05) is 26.7 Å². The van der Waals surface area contributed by atoms with Gasteiger partial charge in [0.05, 0.1) is 12.5 Å². The molecule has 1 heterocycles. The van der Waals surface area contributed by atoms with Crippen LogP contribution < -0.4 is 10.6 Å². The lowest BCUT2D eigenvalue weighted by atomic mass is 10.1. The number of nitrogens with zero attached hydrogens (tertiary/aromatic N) is 1. The maximum Gasteiger partial charge on any atom is 0.311 e. The van der Waals surface area contributed by atoms with Gasteiger partial charge >= 0.3 is 5.97 Å². The van der Waals surface area contributed by atoms with Crippen molar-refractivity contribution < 1.29 is 23.9 Å². The fourth-order valence-electron chi connectivity index (χ4n) is 3.03. The SMILES string of the molecule is CNC(=O)CNC(=O)COC(=O)[C@H]1CC(=O)N(C2CCCC2)C1. The third-order valence-electron chi connectivity index (χ3n) is 4.33. The number of ether oxygens (including phenoxy) is 1. The van der Waals surface area contributed by atoms with Crippen LogP contribution in [0.3, 0.4) is 0 Å². The van der Waals surface area contributed by atoms with Crippen molar-refractivity contribution in [3.8, 4) is 0 Å². The first-order valence-corrected chi connectivity index (χ1v) is 7.94. The minimum Gasteiger partial charge on any atom is -0.455 e. The summed E-state index contributed by atoms with van der Waals surface area (Å²) in [6, 6.07) is 0.246. The van der Waals surface area contributed by atoms with Gasteiger partial charge in [-0.3, -0.25) is 19.2 Å². The van der Waals surface area contributed by atoms with Crippen LogP contribution in [0.2, 0.25) is 0 Å². The zero-order valence-corrected chi connectivity index (χ0v) is 13.3. The fourth-order valence-corrected chi connectivity index (χ4v) is 3.03. The topological polar surface area (TPSA) is 105 Å². The maximum absolute atomic E-state index is 12.0. The lowest BCUT2D eigenvalue weighted by Gasteiger charge is -2.23. The van der Waals surface area contributed by atoms with Crippen LogP contribution in [0.25, 0.3) is 0 Å². The van der Waals surface area contributed by atoms with Crippen LogP contribution in [0, 0.1) is 5.92 Å². The van der Waals surface area contributed by atoms with Crippen LogP contribution in [0.1, 0.15) is 32.1 Å². The van der Waals surface area contributed by atoms with Gasteiger partial charge in [-0.05, 0) is 12.8 Å². The molecule has 0 unspecified atom stereocenters. The number of amides is 3. The van der Waals surface area contributed by atoms with Crippen molar-refractivity contribution in [3.05, 3.63) is 0 Å². The first-order valence-electron chi connectivity index (χ1n) is 7.94. The summed E-state index contributed by atoms with van der Waals surface area (Å²) < 4.78 is 4.95. The van der Waals surface area contributed by atoms with Crippen molar-refractivity contribution in [1.82, 2.24) is 15.5 Å². The summed E-state index contributed by atoms with van der Waals surface area (Å²) in [4.78, 5) is 48.3.